The minimum Gasteiger partial charge on any atom is -0.396 e. The molecular weight excluding hydrogens is 300 g/mol. The van der Waals surface area contributed by atoms with E-state index in [0.717, 1.165) is 17.3 Å². The van der Waals surface area contributed by atoms with Crippen molar-refractivity contribution in [3.63, 3.8) is 0 Å². The van der Waals surface area contributed by atoms with E-state index in [2.05, 4.69) is 71.4 Å². The lowest BCUT2D eigenvalue weighted by Gasteiger charge is -2.14. The second kappa shape index (κ2) is 6.88. The molecule has 0 aliphatic rings. The van der Waals surface area contributed by atoms with E-state index < -0.39 is 0 Å². The number of aryl methyl sites for hydroxylation is 1. The highest BCUT2D eigenvalue weighted by Crippen LogP contribution is 2.17. The predicted octanol–water partition coefficient (Wildman–Crippen LogP) is 4.15. The van der Waals surface area contributed by atoms with Gasteiger partial charge in [0, 0.05) is 11.1 Å². The van der Waals surface area contributed by atoms with E-state index in [1.807, 2.05) is 0 Å². The first-order valence-corrected chi connectivity index (χ1v) is 7.37. The molecule has 1 atom stereocenters. The van der Waals surface area contributed by atoms with Crippen molar-refractivity contribution in [2.24, 2.45) is 5.92 Å². The summed E-state index contributed by atoms with van der Waals surface area (Å²) in [7, 11) is 0. The summed E-state index contributed by atoms with van der Waals surface area (Å²) in [6.07, 6.45) is 1.84. The Morgan fingerprint density at radius 2 is 1.68 bits per heavy atom. The van der Waals surface area contributed by atoms with Crippen LogP contribution >= 0.6 is 15.9 Å². The highest BCUT2D eigenvalue weighted by molar-refractivity contribution is 9.10. The van der Waals surface area contributed by atoms with Crippen LogP contribution in [0.2, 0.25) is 0 Å². The van der Waals surface area contributed by atoms with E-state index in [1.54, 1.807) is 0 Å². The van der Waals surface area contributed by atoms with Crippen molar-refractivity contribution >= 4 is 15.9 Å². The van der Waals surface area contributed by atoms with Crippen LogP contribution < -0.4 is 0 Å². The van der Waals surface area contributed by atoms with Gasteiger partial charge in [0.15, 0.2) is 0 Å². The summed E-state index contributed by atoms with van der Waals surface area (Å²) in [6.45, 7) is 2.33. The SMILES string of the molecule is Cc1cccc(CC(CO)Cc2ccc(Br)cc2)c1. The molecule has 0 spiro atoms. The van der Waals surface area contributed by atoms with Gasteiger partial charge in [-0.2, -0.15) is 0 Å². The molecule has 1 N–H and O–H groups in total. The van der Waals surface area contributed by atoms with E-state index in [9.17, 15) is 5.11 Å². The Bertz CT molecular complexity index is 519. The quantitative estimate of drug-likeness (QED) is 0.878. The lowest BCUT2D eigenvalue weighted by molar-refractivity contribution is 0.225. The van der Waals surface area contributed by atoms with Gasteiger partial charge in [0.2, 0.25) is 0 Å². The van der Waals surface area contributed by atoms with Crippen molar-refractivity contribution in [3.8, 4) is 0 Å². The second-order valence-corrected chi connectivity index (χ2v) is 5.99. The first kappa shape index (κ1) is 14.3. The average Bonchev–Trinajstić information content (AvgIpc) is 2.40. The van der Waals surface area contributed by atoms with E-state index >= 15 is 0 Å². The standard InChI is InChI=1S/C17H19BrO/c1-13-3-2-4-15(9-13)11-16(12-19)10-14-5-7-17(18)8-6-14/h2-9,16,19H,10-12H2,1H3. The zero-order chi connectivity index (χ0) is 13.7. The molecule has 2 rings (SSSR count). The Morgan fingerprint density at radius 1 is 1.00 bits per heavy atom. The fourth-order valence-electron chi connectivity index (χ4n) is 2.33. The molecule has 0 saturated heterocycles. The number of benzene rings is 2. The van der Waals surface area contributed by atoms with Crippen LogP contribution in [0.15, 0.2) is 53.0 Å². The Hall–Kier alpha value is -1.12. The maximum atomic E-state index is 9.56. The molecule has 0 fully saturated rings. The van der Waals surface area contributed by atoms with Crippen molar-refractivity contribution in [2.45, 2.75) is 19.8 Å². The van der Waals surface area contributed by atoms with Crippen molar-refractivity contribution in [2.75, 3.05) is 6.61 Å². The smallest absolute Gasteiger partial charge is 0.0465 e. The summed E-state index contributed by atoms with van der Waals surface area (Å²) in [4.78, 5) is 0. The zero-order valence-electron chi connectivity index (χ0n) is 11.1. The third-order valence-corrected chi connectivity index (χ3v) is 3.83. The van der Waals surface area contributed by atoms with Gasteiger partial charge < -0.3 is 5.11 Å². The number of rotatable bonds is 5. The summed E-state index contributed by atoms with van der Waals surface area (Å²) in [6, 6.07) is 16.9. The fourth-order valence-corrected chi connectivity index (χ4v) is 2.59. The molecule has 1 unspecified atom stereocenters. The third-order valence-electron chi connectivity index (χ3n) is 3.30. The van der Waals surface area contributed by atoms with Crippen molar-refractivity contribution in [3.05, 3.63) is 69.7 Å². The fraction of sp³-hybridized carbons (Fsp3) is 0.294. The molecule has 1 nitrogen and oxygen atoms in total. The first-order chi connectivity index (χ1) is 9.17. The summed E-state index contributed by atoms with van der Waals surface area (Å²) in [5.41, 5.74) is 3.85. The summed E-state index contributed by atoms with van der Waals surface area (Å²) in [5.74, 6) is 0.281. The van der Waals surface area contributed by atoms with Gasteiger partial charge in [-0.3, -0.25) is 0 Å². The molecule has 2 aromatic rings. The van der Waals surface area contributed by atoms with E-state index in [0.29, 0.717) is 0 Å². The molecule has 0 radical (unpaired) electrons. The number of hydrogen-bond acceptors (Lipinski definition) is 1. The van der Waals surface area contributed by atoms with Crippen LogP contribution in [-0.2, 0) is 12.8 Å². The predicted molar refractivity (Wildman–Crippen MR) is 83.3 cm³/mol. The lowest BCUT2D eigenvalue weighted by Crippen LogP contribution is -2.13. The molecule has 19 heavy (non-hydrogen) atoms. The molecule has 2 aromatic carbocycles. The minimum absolute atomic E-state index is 0.226. The van der Waals surface area contributed by atoms with Crippen LogP contribution in [0.4, 0.5) is 0 Å². The van der Waals surface area contributed by atoms with Gasteiger partial charge in [-0.05, 0) is 48.9 Å². The summed E-state index contributed by atoms with van der Waals surface area (Å²) >= 11 is 3.44. The van der Waals surface area contributed by atoms with Crippen LogP contribution in [0, 0.1) is 12.8 Å². The molecule has 100 valence electrons. The molecule has 0 aliphatic heterocycles. The second-order valence-electron chi connectivity index (χ2n) is 5.07. The molecule has 0 amide bonds. The zero-order valence-corrected chi connectivity index (χ0v) is 12.7. The Kier molecular flexibility index (Phi) is 5.17. The minimum atomic E-state index is 0.226. The molecule has 0 aromatic heterocycles. The average molecular weight is 319 g/mol. The maximum Gasteiger partial charge on any atom is 0.0465 e. The largest absolute Gasteiger partial charge is 0.396 e. The van der Waals surface area contributed by atoms with Crippen LogP contribution in [0.3, 0.4) is 0 Å². The number of hydrogen-bond donors (Lipinski definition) is 1. The summed E-state index contributed by atoms with van der Waals surface area (Å²) in [5, 5.41) is 9.56. The number of aliphatic hydroxyl groups excluding tert-OH is 1. The number of aliphatic hydroxyl groups is 1. The van der Waals surface area contributed by atoms with E-state index in [-0.39, 0.29) is 12.5 Å². The van der Waals surface area contributed by atoms with Crippen molar-refractivity contribution < 1.29 is 5.11 Å². The Morgan fingerprint density at radius 3 is 2.32 bits per heavy atom. The van der Waals surface area contributed by atoms with Gasteiger partial charge in [0.25, 0.3) is 0 Å². The Balaban J connectivity index is 2.02. The monoisotopic (exact) mass is 318 g/mol. The molecule has 0 bridgehead atoms. The first-order valence-electron chi connectivity index (χ1n) is 6.58. The van der Waals surface area contributed by atoms with Crippen LogP contribution in [0.25, 0.3) is 0 Å². The highest BCUT2D eigenvalue weighted by atomic mass is 79.9. The van der Waals surface area contributed by atoms with Gasteiger partial charge >= 0.3 is 0 Å². The van der Waals surface area contributed by atoms with Gasteiger partial charge in [-0.15, -0.1) is 0 Å². The maximum absolute atomic E-state index is 9.56. The van der Waals surface area contributed by atoms with E-state index in [1.165, 1.54) is 16.7 Å². The summed E-state index contributed by atoms with van der Waals surface area (Å²) < 4.78 is 1.09. The third kappa shape index (κ3) is 4.48. The topological polar surface area (TPSA) is 20.2 Å². The number of halogens is 1. The highest BCUT2D eigenvalue weighted by Gasteiger charge is 2.10. The van der Waals surface area contributed by atoms with E-state index in [4.69, 9.17) is 0 Å². The molecular formula is C17H19BrO. The van der Waals surface area contributed by atoms with Gasteiger partial charge in [-0.1, -0.05) is 57.9 Å². The van der Waals surface area contributed by atoms with Crippen molar-refractivity contribution in [1.29, 1.82) is 0 Å². The van der Waals surface area contributed by atoms with Crippen LogP contribution in [-0.4, -0.2) is 11.7 Å². The van der Waals surface area contributed by atoms with Crippen LogP contribution in [0.1, 0.15) is 16.7 Å². The molecule has 2 heteroatoms. The van der Waals surface area contributed by atoms with Crippen molar-refractivity contribution in [1.82, 2.24) is 0 Å². The Labute approximate surface area is 123 Å². The normalized spacial score (nSPS) is 12.4. The lowest BCUT2D eigenvalue weighted by atomic mass is 9.93. The van der Waals surface area contributed by atoms with Gasteiger partial charge in [0.1, 0.15) is 0 Å². The molecule has 0 saturated carbocycles. The molecule has 0 aliphatic carbocycles. The molecule has 0 heterocycles. The van der Waals surface area contributed by atoms with Gasteiger partial charge in [0.05, 0.1) is 0 Å². The van der Waals surface area contributed by atoms with Crippen LogP contribution in [0.5, 0.6) is 0 Å². The van der Waals surface area contributed by atoms with Gasteiger partial charge in [-0.25, -0.2) is 0 Å².